The summed E-state index contributed by atoms with van der Waals surface area (Å²) in [7, 11) is 2.16. The van der Waals surface area contributed by atoms with Crippen molar-refractivity contribution in [2.24, 2.45) is 0 Å². The van der Waals surface area contributed by atoms with Gasteiger partial charge in [0.15, 0.2) is 5.82 Å². The Labute approximate surface area is 172 Å². The Morgan fingerprint density at radius 1 is 1.03 bits per heavy atom. The molecule has 0 unspecified atom stereocenters. The van der Waals surface area contributed by atoms with Gasteiger partial charge in [0.1, 0.15) is 5.82 Å². The van der Waals surface area contributed by atoms with Crippen LogP contribution in [0.4, 0.5) is 5.82 Å². The normalized spacial score (nSPS) is 15.4. The number of hydrogen-bond donors (Lipinski definition) is 0. The summed E-state index contributed by atoms with van der Waals surface area (Å²) in [4.78, 5) is 22.9. The van der Waals surface area contributed by atoms with E-state index in [1.54, 1.807) is 12.4 Å². The standard InChI is InChI=1S/C23H28N6/c1-18-17-22(27-23(26-18)19-6-12-24-13-7-19)28(2)21-9-15-29(16-10-21)14-8-20-5-3-4-11-25-20/h3-7,11-13,17,21H,8-10,14-16H2,1-2H3. The lowest BCUT2D eigenvalue weighted by Gasteiger charge is -2.37. The molecular weight excluding hydrogens is 360 g/mol. The average molecular weight is 389 g/mol. The molecule has 0 aliphatic carbocycles. The van der Waals surface area contributed by atoms with Crippen LogP contribution in [0.25, 0.3) is 11.4 Å². The van der Waals surface area contributed by atoms with Crippen LogP contribution in [0.15, 0.2) is 55.0 Å². The Bertz CT molecular complexity index is 907. The Balaban J connectivity index is 1.37. The topological polar surface area (TPSA) is 58.0 Å². The van der Waals surface area contributed by atoms with Crippen LogP contribution in [-0.4, -0.2) is 57.6 Å². The molecule has 0 N–H and O–H groups in total. The first-order valence-electron chi connectivity index (χ1n) is 10.3. The first kappa shape index (κ1) is 19.5. The molecule has 0 aromatic carbocycles. The van der Waals surface area contributed by atoms with E-state index in [-0.39, 0.29) is 0 Å². The van der Waals surface area contributed by atoms with Crippen molar-refractivity contribution in [2.45, 2.75) is 32.2 Å². The third-order valence-corrected chi connectivity index (χ3v) is 5.66. The fourth-order valence-corrected chi connectivity index (χ4v) is 3.90. The number of aryl methyl sites for hydroxylation is 1. The predicted octanol–water partition coefficient (Wildman–Crippen LogP) is 3.39. The molecule has 0 radical (unpaired) electrons. The first-order chi connectivity index (χ1) is 14.2. The highest BCUT2D eigenvalue weighted by atomic mass is 15.2. The number of piperidine rings is 1. The van der Waals surface area contributed by atoms with Crippen LogP contribution in [0.3, 0.4) is 0 Å². The quantitative estimate of drug-likeness (QED) is 0.645. The molecule has 1 aliphatic rings. The maximum Gasteiger partial charge on any atom is 0.161 e. The van der Waals surface area contributed by atoms with Gasteiger partial charge in [-0.1, -0.05) is 6.07 Å². The van der Waals surface area contributed by atoms with Crippen molar-refractivity contribution in [1.29, 1.82) is 0 Å². The van der Waals surface area contributed by atoms with Crippen LogP contribution in [0.5, 0.6) is 0 Å². The van der Waals surface area contributed by atoms with E-state index in [9.17, 15) is 0 Å². The minimum Gasteiger partial charge on any atom is -0.356 e. The molecule has 0 atom stereocenters. The van der Waals surface area contributed by atoms with Gasteiger partial charge in [0.2, 0.25) is 0 Å². The molecule has 0 spiro atoms. The lowest BCUT2D eigenvalue weighted by molar-refractivity contribution is 0.212. The van der Waals surface area contributed by atoms with E-state index in [2.05, 4.69) is 50.0 Å². The van der Waals surface area contributed by atoms with Gasteiger partial charge in [0.25, 0.3) is 0 Å². The summed E-state index contributed by atoms with van der Waals surface area (Å²) in [5, 5.41) is 0. The highest BCUT2D eigenvalue weighted by molar-refractivity contribution is 5.57. The van der Waals surface area contributed by atoms with E-state index in [1.807, 2.05) is 31.3 Å². The zero-order chi connectivity index (χ0) is 20.1. The molecule has 1 aliphatic heterocycles. The fourth-order valence-electron chi connectivity index (χ4n) is 3.90. The number of rotatable bonds is 6. The number of anilines is 1. The smallest absolute Gasteiger partial charge is 0.161 e. The Morgan fingerprint density at radius 3 is 2.55 bits per heavy atom. The van der Waals surface area contributed by atoms with E-state index in [4.69, 9.17) is 4.98 Å². The summed E-state index contributed by atoms with van der Waals surface area (Å²) in [5.41, 5.74) is 3.16. The molecule has 0 bridgehead atoms. The van der Waals surface area contributed by atoms with Crippen molar-refractivity contribution in [2.75, 3.05) is 31.6 Å². The van der Waals surface area contributed by atoms with Crippen LogP contribution in [0.1, 0.15) is 24.2 Å². The van der Waals surface area contributed by atoms with Crippen molar-refractivity contribution >= 4 is 5.82 Å². The third kappa shape index (κ3) is 4.95. The summed E-state index contributed by atoms with van der Waals surface area (Å²) in [5.74, 6) is 1.76. The molecule has 4 heterocycles. The van der Waals surface area contributed by atoms with E-state index in [0.29, 0.717) is 6.04 Å². The van der Waals surface area contributed by atoms with Gasteiger partial charge in [-0.3, -0.25) is 9.97 Å². The molecule has 0 saturated carbocycles. The largest absolute Gasteiger partial charge is 0.356 e. The van der Waals surface area contributed by atoms with Crippen LogP contribution in [-0.2, 0) is 6.42 Å². The van der Waals surface area contributed by atoms with Gasteiger partial charge < -0.3 is 9.80 Å². The summed E-state index contributed by atoms with van der Waals surface area (Å²) in [6, 6.07) is 12.6. The maximum atomic E-state index is 4.84. The zero-order valence-electron chi connectivity index (χ0n) is 17.2. The first-order valence-corrected chi connectivity index (χ1v) is 10.3. The maximum absolute atomic E-state index is 4.84. The second-order valence-corrected chi connectivity index (χ2v) is 7.68. The molecule has 29 heavy (non-hydrogen) atoms. The van der Waals surface area contributed by atoms with Gasteiger partial charge in [-0.15, -0.1) is 0 Å². The van der Waals surface area contributed by atoms with Crippen molar-refractivity contribution in [3.05, 3.63) is 66.4 Å². The number of hydrogen-bond acceptors (Lipinski definition) is 6. The molecular formula is C23H28N6. The van der Waals surface area contributed by atoms with Crippen LogP contribution >= 0.6 is 0 Å². The predicted molar refractivity (Wildman–Crippen MR) is 116 cm³/mol. The van der Waals surface area contributed by atoms with Gasteiger partial charge in [-0.05, 0) is 44.0 Å². The molecule has 1 fully saturated rings. The van der Waals surface area contributed by atoms with Crippen LogP contribution < -0.4 is 4.90 Å². The minimum absolute atomic E-state index is 0.501. The summed E-state index contributed by atoms with van der Waals surface area (Å²) in [6.07, 6.45) is 8.75. The molecule has 6 heteroatoms. The number of pyridine rings is 2. The number of likely N-dealkylation sites (tertiary alicyclic amines) is 1. The lowest BCUT2D eigenvalue weighted by Crippen LogP contribution is -2.44. The second kappa shape index (κ2) is 9.09. The summed E-state index contributed by atoms with van der Waals surface area (Å²) < 4.78 is 0. The van der Waals surface area contributed by atoms with Crippen molar-refractivity contribution in [3.8, 4) is 11.4 Å². The van der Waals surface area contributed by atoms with Crippen LogP contribution in [0.2, 0.25) is 0 Å². The second-order valence-electron chi connectivity index (χ2n) is 7.68. The Hall–Kier alpha value is -2.86. The summed E-state index contributed by atoms with van der Waals surface area (Å²) in [6.45, 7) is 5.34. The minimum atomic E-state index is 0.501. The molecule has 1 saturated heterocycles. The van der Waals surface area contributed by atoms with Crippen molar-refractivity contribution in [3.63, 3.8) is 0 Å². The Morgan fingerprint density at radius 2 is 1.83 bits per heavy atom. The van der Waals surface area contributed by atoms with Gasteiger partial charge >= 0.3 is 0 Å². The molecule has 0 amide bonds. The molecule has 6 nitrogen and oxygen atoms in total. The molecule has 3 aromatic heterocycles. The zero-order valence-corrected chi connectivity index (χ0v) is 17.2. The van der Waals surface area contributed by atoms with Gasteiger partial charge in [0, 0.05) is 80.8 Å². The van der Waals surface area contributed by atoms with E-state index < -0.39 is 0 Å². The van der Waals surface area contributed by atoms with Gasteiger partial charge in [0.05, 0.1) is 0 Å². The molecule has 150 valence electrons. The average Bonchev–Trinajstić information content (AvgIpc) is 2.78. The van der Waals surface area contributed by atoms with E-state index >= 15 is 0 Å². The van der Waals surface area contributed by atoms with E-state index in [0.717, 1.165) is 61.8 Å². The van der Waals surface area contributed by atoms with Gasteiger partial charge in [-0.25, -0.2) is 9.97 Å². The lowest BCUT2D eigenvalue weighted by atomic mass is 10.0. The van der Waals surface area contributed by atoms with Crippen molar-refractivity contribution in [1.82, 2.24) is 24.8 Å². The SMILES string of the molecule is Cc1cc(N(C)C2CCN(CCc3ccccn3)CC2)nc(-c2ccncc2)n1. The highest BCUT2D eigenvalue weighted by Crippen LogP contribution is 2.24. The monoisotopic (exact) mass is 388 g/mol. The Kier molecular flexibility index (Phi) is 6.10. The highest BCUT2D eigenvalue weighted by Gasteiger charge is 2.23. The van der Waals surface area contributed by atoms with Crippen LogP contribution in [0, 0.1) is 6.92 Å². The van der Waals surface area contributed by atoms with E-state index in [1.165, 1.54) is 5.69 Å². The molecule has 4 rings (SSSR count). The summed E-state index contributed by atoms with van der Waals surface area (Å²) >= 11 is 0. The van der Waals surface area contributed by atoms with Gasteiger partial charge in [-0.2, -0.15) is 0 Å². The number of aromatic nitrogens is 4. The third-order valence-electron chi connectivity index (χ3n) is 5.66. The van der Waals surface area contributed by atoms with Crippen molar-refractivity contribution < 1.29 is 0 Å². The molecule has 3 aromatic rings. The number of nitrogens with zero attached hydrogens (tertiary/aromatic N) is 6. The fraction of sp³-hybridized carbons (Fsp3) is 0.391.